The molecule has 3 heteroatoms. The van der Waals surface area contributed by atoms with E-state index in [1.807, 2.05) is 18.2 Å². The second-order valence-corrected chi connectivity index (χ2v) is 6.08. The third-order valence-electron chi connectivity index (χ3n) is 4.32. The summed E-state index contributed by atoms with van der Waals surface area (Å²) in [7, 11) is 0. The minimum absolute atomic E-state index is 0.198. The Labute approximate surface area is 122 Å². The van der Waals surface area contributed by atoms with Gasteiger partial charge >= 0.3 is 0 Å². The molecule has 4 N–H and O–H groups in total. The normalized spacial score (nSPS) is 19.7. The zero-order valence-electron chi connectivity index (χ0n) is 12.3. The molecule has 112 valence electrons. The summed E-state index contributed by atoms with van der Waals surface area (Å²) >= 11 is 0. The van der Waals surface area contributed by atoms with Crippen LogP contribution in [0, 0.1) is 5.92 Å². The van der Waals surface area contributed by atoms with Crippen LogP contribution in [0.4, 0.5) is 0 Å². The van der Waals surface area contributed by atoms with Crippen molar-refractivity contribution in [2.45, 2.75) is 50.7 Å². The molecule has 0 saturated heterocycles. The molecule has 2 atom stereocenters. The van der Waals surface area contributed by atoms with E-state index < -0.39 is 6.10 Å². The van der Waals surface area contributed by atoms with E-state index in [0.29, 0.717) is 6.54 Å². The summed E-state index contributed by atoms with van der Waals surface area (Å²) in [5.74, 6) is 0.793. The van der Waals surface area contributed by atoms with Gasteiger partial charge in [0.25, 0.3) is 0 Å². The van der Waals surface area contributed by atoms with Crippen molar-refractivity contribution in [2.75, 3.05) is 13.1 Å². The van der Waals surface area contributed by atoms with E-state index in [1.54, 1.807) is 0 Å². The highest BCUT2D eigenvalue weighted by atomic mass is 16.3. The molecule has 1 aliphatic carbocycles. The van der Waals surface area contributed by atoms with Gasteiger partial charge in [-0.15, -0.1) is 0 Å². The summed E-state index contributed by atoms with van der Waals surface area (Å²) in [6.45, 7) is 1.62. The highest BCUT2D eigenvalue weighted by Crippen LogP contribution is 2.22. The van der Waals surface area contributed by atoms with Gasteiger partial charge in [0.1, 0.15) is 0 Å². The molecular formula is C17H28N2O. The lowest BCUT2D eigenvalue weighted by Crippen LogP contribution is -2.44. The van der Waals surface area contributed by atoms with Gasteiger partial charge in [-0.2, -0.15) is 0 Å². The van der Waals surface area contributed by atoms with Gasteiger partial charge in [0.2, 0.25) is 0 Å². The fraction of sp³-hybridized carbons (Fsp3) is 0.647. The Kier molecular flexibility index (Phi) is 6.51. The Morgan fingerprint density at radius 1 is 1.15 bits per heavy atom. The lowest BCUT2D eigenvalue weighted by atomic mass is 9.89. The number of nitrogens with two attached hydrogens (primary N) is 1. The van der Waals surface area contributed by atoms with Crippen LogP contribution in [0.5, 0.6) is 0 Å². The van der Waals surface area contributed by atoms with E-state index >= 15 is 0 Å². The second kappa shape index (κ2) is 8.40. The van der Waals surface area contributed by atoms with E-state index in [2.05, 4.69) is 17.4 Å². The molecule has 0 aliphatic heterocycles. The van der Waals surface area contributed by atoms with Crippen LogP contribution in [0.3, 0.4) is 0 Å². The van der Waals surface area contributed by atoms with Crippen molar-refractivity contribution in [3.8, 4) is 0 Å². The second-order valence-electron chi connectivity index (χ2n) is 6.08. The molecule has 20 heavy (non-hydrogen) atoms. The fourth-order valence-electron chi connectivity index (χ4n) is 3.00. The molecular weight excluding hydrogens is 248 g/mol. The molecule has 0 heterocycles. The first-order valence-electron chi connectivity index (χ1n) is 7.94. The molecule has 1 fully saturated rings. The molecule has 1 aromatic rings. The molecule has 3 nitrogen and oxygen atoms in total. The van der Waals surface area contributed by atoms with E-state index in [4.69, 9.17) is 5.73 Å². The standard InChI is InChI=1S/C17H28N2O/c18-16(11-14-7-3-1-4-8-14)17(20)13-19-12-15-9-5-2-6-10-15/h1,3-4,7-8,15-17,19-20H,2,5-6,9-13,18H2/t16-,17-/m0/s1. The van der Waals surface area contributed by atoms with Crippen LogP contribution >= 0.6 is 0 Å². The number of aliphatic hydroxyl groups excluding tert-OH is 1. The van der Waals surface area contributed by atoms with E-state index in [0.717, 1.165) is 18.9 Å². The van der Waals surface area contributed by atoms with Crippen LogP contribution in [0.2, 0.25) is 0 Å². The molecule has 0 radical (unpaired) electrons. The fourth-order valence-corrected chi connectivity index (χ4v) is 3.00. The first kappa shape index (κ1) is 15.5. The van der Waals surface area contributed by atoms with Crippen LogP contribution < -0.4 is 11.1 Å². The molecule has 0 spiro atoms. The monoisotopic (exact) mass is 276 g/mol. The maximum atomic E-state index is 10.1. The Bertz CT molecular complexity index is 363. The van der Waals surface area contributed by atoms with Gasteiger partial charge < -0.3 is 16.2 Å². The molecule has 0 amide bonds. The van der Waals surface area contributed by atoms with E-state index in [-0.39, 0.29) is 6.04 Å². The lowest BCUT2D eigenvalue weighted by Gasteiger charge is -2.24. The topological polar surface area (TPSA) is 58.3 Å². The number of benzene rings is 1. The zero-order chi connectivity index (χ0) is 14.2. The van der Waals surface area contributed by atoms with Crippen LogP contribution in [0.1, 0.15) is 37.7 Å². The zero-order valence-corrected chi connectivity index (χ0v) is 12.3. The molecule has 1 aliphatic rings. The smallest absolute Gasteiger partial charge is 0.0818 e. The summed E-state index contributed by atoms with van der Waals surface area (Å²) in [4.78, 5) is 0. The van der Waals surface area contributed by atoms with Crippen LogP contribution in [0.15, 0.2) is 30.3 Å². The van der Waals surface area contributed by atoms with Crippen molar-refractivity contribution < 1.29 is 5.11 Å². The largest absolute Gasteiger partial charge is 0.390 e. The summed E-state index contributed by atoms with van der Waals surface area (Å²) in [5.41, 5.74) is 7.26. The Morgan fingerprint density at radius 2 is 1.85 bits per heavy atom. The van der Waals surface area contributed by atoms with Gasteiger partial charge in [-0.05, 0) is 37.3 Å². The van der Waals surface area contributed by atoms with E-state index in [9.17, 15) is 5.11 Å². The van der Waals surface area contributed by atoms with Gasteiger partial charge in [-0.1, -0.05) is 49.6 Å². The maximum absolute atomic E-state index is 10.1. The predicted molar refractivity (Wildman–Crippen MR) is 83.6 cm³/mol. The Morgan fingerprint density at radius 3 is 2.55 bits per heavy atom. The number of hydrogen-bond donors (Lipinski definition) is 3. The number of hydrogen-bond acceptors (Lipinski definition) is 3. The average molecular weight is 276 g/mol. The number of aliphatic hydroxyl groups is 1. The highest BCUT2D eigenvalue weighted by Gasteiger charge is 2.17. The van der Waals surface area contributed by atoms with Gasteiger partial charge in [-0.25, -0.2) is 0 Å². The van der Waals surface area contributed by atoms with Gasteiger partial charge in [0.15, 0.2) is 0 Å². The minimum atomic E-state index is -0.473. The first-order valence-corrected chi connectivity index (χ1v) is 7.94. The quantitative estimate of drug-likeness (QED) is 0.715. The third-order valence-corrected chi connectivity index (χ3v) is 4.32. The van der Waals surface area contributed by atoms with Gasteiger partial charge in [0, 0.05) is 12.6 Å². The maximum Gasteiger partial charge on any atom is 0.0818 e. The van der Waals surface area contributed by atoms with E-state index in [1.165, 1.54) is 37.7 Å². The third kappa shape index (κ3) is 5.23. The van der Waals surface area contributed by atoms with Crippen molar-refractivity contribution in [3.05, 3.63) is 35.9 Å². The Balaban J connectivity index is 1.64. The predicted octanol–water partition coefficient (Wildman–Crippen LogP) is 2.09. The highest BCUT2D eigenvalue weighted by molar-refractivity contribution is 5.16. The Hall–Kier alpha value is -0.900. The molecule has 1 saturated carbocycles. The van der Waals surface area contributed by atoms with Crippen LogP contribution in [-0.2, 0) is 6.42 Å². The summed E-state index contributed by atoms with van der Waals surface area (Å²) in [5, 5.41) is 13.5. The lowest BCUT2D eigenvalue weighted by molar-refractivity contribution is 0.139. The van der Waals surface area contributed by atoms with Crippen molar-refractivity contribution in [2.24, 2.45) is 11.7 Å². The van der Waals surface area contributed by atoms with Crippen molar-refractivity contribution in [1.82, 2.24) is 5.32 Å². The number of nitrogens with one attached hydrogen (secondary N) is 1. The number of rotatable bonds is 7. The average Bonchev–Trinajstić information content (AvgIpc) is 2.49. The first-order chi connectivity index (χ1) is 9.75. The van der Waals surface area contributed by atoms with Crippen molar-refractivity contribution in [1.29, 1.82) is 0 Å². The van der Waals surface area contributed by atoms with Crippen LogP contribution in [0.25, 0.3) is 0 Å². The van der Waals surface area contributed by atoms with Crippen molar-refractivity contribution >= 4 is 0 Å². The summed E-state index contributed by atoms with van der Waals surface area (Å²) in [6.07, 6.45) is 7.04. The van der Waals surface area contributed by atoms with Crippen molar-refractivity contribution in [3.63, 3.8) is 0 Å². The summed E-state index contributed by atoms with van der Waals surface area (Å²) in [6, 6.07) is 9.93. The SMILES string of the molecule is N[C@@H](Cc1ccccc1)[C@@H](O)CNCC1CCCCC1. The molecule has 1 aromatic carbocycles. The van der Waals surface area contributed by atoms with Gasteiger partial charge in [0.05, 0.1) is 6.10 Å². The molecule has 0 unspecified atom stereocenters. The van der Waals surface area contributed by atoms with Crippen LogP contribution in [-0.4, -0.2) is 30.3 Å². The van der Waals surface area contributed by atoms with Gasteiger partial charge in [-0.3, -0.25) is 0 Å². The molecule has 0 aromatic heterocycles. The molecule has 0 bridgehead atoms. The summed E-state index contributed by atoms with van der Waals surface area (Å²) < 4.78 is 0. The molecule has 2 rings (SSSR count). The minimum Gasteiger partial charge on any atom is -0.390 e.